The van der Waals surface area contributed by atoms with Gasteiger partial charge in [0.25, 0.3) is 0 Å². The molecule has 0 saturated carbocycles. The summed E-state index contributed by atoms with van der Waals surface area (Å²) in [6, 6.07) is 1.89. The molecule has 190 valence electrons. The van der Waals surface area contributed by atoms with Gasteiger partial charge in [0, 0.05) is 49.9 Å². The molecule has 0 aliphatic carbocycles. The Hall–Kier alpha value is -3.73. The number of pyridine rings is 2. The van der Waals surface area contributed by atoms with Crippen molar-refractivity contribution in [1.82, 2.24) is 34.8 Å². The number of nitrogens with zero attached hydrogens (tertiary/aromatic N) is 6. The molecule has 5 heterocycles. The number of nitrogens with one attached hydrogen (secondary N) is 2. The van der Waals surface area contributed by atoms with Gasteiger partial charge in [-0.25, -0.2) is 18.9 Å². The number of anilines is 1. The molecule has 1 unspecified atom stereocenters. The first-order valence-corrected chi connectivity index (χ1v) is 12.1. The van der Waals surface area contributed by atoms with Crippen molar-refractivity contribution in [3.63, 3.8) is 0 Å². The van der Waals surface area contributed by atoms with E-state index in [0.717, 1.165) is 16.8 Å². The van der Waals surface area contributed by atoms with Gasteiger partial charge in [0.1, 0.15) is 6.33 Å². The second kappa shape index (κ2) is 9.38. The average Bonchev–Trinajstić information content (AvgIpc) is 3.49. The number of likely N-dealkylation sites (N-methyl/N-ethyl adjacent to an activating group) is 1. The summed E-state index contributed by atoms with van der Waals surface area (Å²) in [5.74, 6) is 0.604. The number of methoxy groups -OCH3 is 1. The second-order valence-corrected chi connectivity index (χ2v) is 9.53. The van der Waals surface area contributed by atoms with Crippen LogP contribution in [0.3, 0.4) is 0 Å². The van der Waals surface area contributed by atoms with E-state index in [1.165, 1.54) is 6.33 Å². The Balaban J connectivity index is 1.57. The first kappa shape index (κ1) is 24.0. The maximum atomic E-state index is 16.2. The number of ether oxygens (including phenoxy) is 1. The molecule has 4 aromatic heterocycles. The van der Waals surface area contributed by atoms with Gasteiger partial charge in [-0.1, -0.05) is 13.8 Å². The summed E-state index contributed by atoms with van der Waals surface area (Å²) in [5.41, 5.74) is 3.75. The third-order valence-electron chi connectivity index (χ3n) is 6.86. The standard InChI is InChI=1S/C25H31FN8O2/c1-14(2)20-21-17(31-23(20)16-8-18(36-5)24-29-13-30-34(24)11-16)9-28-25(22(21)26)33-7-6-32(10-15(33)3)12-19(35)27-4/h8-9,11,13-15,31H,6-7,10,12H2,1-5H3,(H,27,35). The molecule has 0 aromatic carbocycles. The number of hydrogen-bond donors (Lipinski definition) is 2. The number of hydrogen-bond acceptors (Lipinski definition) is 7. The molecule has 10 nitrogen and oxygen atoms in total. The highest BCUT2D eigenvalue weighted by Crippen LogP contribution is 2.40. The third-order valence-corrected chi connectivity index (χ3v) is 6.86. The van der Waals surface area contributed by atoms with E-state index in [9.17, 15) is 4.79 Å². The fourth-order valence-corrected chi connectivity index (χ4v) is 5.12. The summed E-state index contributed by atoms with van der Waals surface area (Å²) in [4.78, 5) is 28.1. The molecule has 5 rings (SSSR count). The number of aromatic nitrogens is 5. The zero-order valence-electron chi connectivity index (χ0n) is 21.2. The van der Waals surface area contributed by atoms with Crippen LogP contribution in [-0.4, -0.2) is 81.8 Å². The predicted octanol–water partition coefficient (Wildman–Crippen LogP) is 2.80. The molecule has 1 amide bonds. The molecular weight excluding hydrogens is 463 g/mol. The number of carbonyl (C=O) groups excluding carboxylic acids is 1. The molecule has 0 radical (unpaired) electrons. The van der Waals surface area contributed by atoms with Crippen LogP contribution in [0.25, 0.3) is 27.8 Å². The zero-order chi connectivity index (χ0) is 25.6. The molecular formula is C25H31FN8O2. The highest BCUT2D eigenvalue weighted by Gasteiger charge is 2.30. The number of halogens is 1. The Bertz CT molecular complexity index is 1430. The molecule has 4 aromatic rings. The fourth-order valence-electron chi connectivity index (χ4n) is 5.12. The van der Waals surface area contributed by atoms with Crippen LogP contribution < -0.4 is 15.0 Å². The van der Waals surface area contributed by atoms with Crippen molar-refractivity contribution in [3.8, 4) is 17.0 Å². The van der Waals surface area contributed by atoms with Gasteiger partial charge in [0.15, 0.2) is 23.0 Å². The van der Waals surface area contributed by atoms with Crippen molar-refractivity contribution in [2.45, 2.75) is 32.7 Å². The quantitative estimate of drug-likeness (QED) is 0.425. The fraction of sp³-hybridized carbons (Fsp3) is 0.440. The smallest absolute Gasteiger partial charge is 0.233 e. The molecule has 36 heavy (non-hydrogen) atoms. The summed E-state index contributed by atoms with van der Waals surface area (Å²) < 4.78 is 23.4. The molecule has 0 bridgehead atoms. The van der Waals surface area contributed by atoms with Gasteiger partial charge in [-0.3, -0.25) is 9.69 Å². The zero-order valence-corrected chi connectivity index (χ0v) is 21.2. The summed E-state index contributed by atoms with van der Waals surface area (Å²) in [6.07, 6.45) is 5.04. The molecule has 11 heteroatoms. The van der Waals surface area contributed by atoms with E-state index in [0.29, 0.717) is 54.3 Å². The van der Waals surface area contributed by atoms with Gasteiger partial charge < -0.3 is 19.9 Å². The molecule has 1 atom stereocenters. The lowest BCUT2D eigenvalue weighted by Crippen LogP contribution is -2.54. The van der Waals surface area contributed by atoms with Crippen molar-refractivity contribution in [1.29, 1.82) is 0 Å². The monoisotopic (exact) mass is 494 g/mol. The number of rotatable bonds is 6. The SMILES string of the molecule is CNC(=O)CN1CCN(c2ncc3[nH]c(-c4cc(OC)c5ncnn5c4)c(C(C)C)c3c2F)C(C)C1. The first-order valence-electron chi connectivity index (χ1n) is 12.1. The number of fused-ring (bicyclic) bond motifs is 2. The van der Waals surface area contributed by atoms with E-state index in [2.05, 4.69) is 44.1 Å². The van der Waals surface area contributed by atoms with Gasteiger partial charge in [-0.05, 0) is 24.5 Å². The van der Waals surface area contributed by atoms with Crippen LogP contribution in [-0.2, 0) is 4.79 Å². The van der Waals surface area contributed by atoms with Crippen molar-refractivity contribution in [2.75, 3.05) is 45.2 Å². The summed E-state index contributed by atoms with van der Waals surface area (Å²) in [6.45, 7) is 8.37. The number of H-pyrrole nitrogens is 1. The van der Waals surface area contributed by atoms with E-state index in [-0.39, 0.29) is 23.7 Å². The van der Waals surface area contributed by atoms with Gasteiger partial charge >= 0.3 is 0 Å². The van der Waals surface area contributed by atoms with E-state index in [1.807, 2.05) is 24.1 Å². The van der Waals surface area contributed by atoms with Crippen LogP contribution >= 0.6 is 0 Å². The Morgan fingerprint density at radius 1 is 1.33 bits per heavy atom. The third kappa shape index (κ3) is 4.02. The van der Waals surface area contributed by atoms with Crippen molar-refractivity contribution < 1.29 is 13.9 Å². The van der Waals surface area contributed by atoms with Crippen molar-refractivity contribution in [3.05, 3.63) is 36.2 Å². The minimum Gasteiger partial charge on any atom is -0.493 e. The number of amides is 1. The Labute approximate surface area is 208 Å². The van der Waals surface area contributed by atoms with Crippen LogP contribution in [0.5, 0.6) is 5.75 Å². The molecule has 2 N–H and O–H groups in total. The average molecular weight is 495 g/mol. The first-order chi connectivity index (χ1) is 17.3. The molecule has 0 spiro atoms. The second-order valence-electron chi connectivity index (χ2n) is 9.53. The van der Waals surface area contributed by atoms with E-state index < -0.39 is 0 Å². The molecule has 1 saturated heterocycles. The number of piperazine rings is 1. The van der Waals surface area contributed by atoms with Crippen LogP contribution in [0.15, 0.2) is 24.8 Å². The maximum absolute atomic E-state index is 16.2. The van der Waals surface area contributed by atoms with E-state index in [4.69, 9.17) is 4.74 Å². The lowest BCUT2D eigenvalue weighted by molar-refractivity contribution is -0.121. The van der Waals surface area contributed by atoms with Gasteiger partial charge in [0.2, 0.25) is 5.91 Å². The predicted molar refractivity (Wildman–Crippen MR) is 136 cm³/mol. The molecule has 1 fully saturated rings. The Kier molecular flexibility index (Phi) is 6.25. The van der Waals surface area contributed by atoms with Crippen molar-refractivity contribution in [2.24, 2.45) is 0 Å². The summed E-state index contributed by atoms with van der Waals surface area (Å²) in [7, 11) is 3.22. The summed E-state index contributed by atoms with van der Waals surface area (Å²) >= 11 is 0. The maximum Gasteiger partial charge on any atom is 0.233 e. The minimum absolute atomic E-state index is 0.00255. The lowest BCUT2D eigenvalue weighted by atomic mass is 9.96. The van der Waals surface area contributed by atoms with E-state index >= 15 is 4.39 Å². The number of aromatic amines is 1. The number of carbonyl (C=O) groups is 1. The van der Waals surface area contributed by atoms with Crippen LogP contribution in [0.1, 0.15) is 32.3 Å². The van der Waals surface area contributed by atoms with Crippen LogP contribution in [0.4, 0.5) is 10.2 Å². The highest BCUT2D eigenvalue weighted by molar-refractivity contribution is 5.93. The van der Waals surface area contributed by atoms with Gasteiger partial charge in [-0.2, -0.15) is 5.10 Å². The van der Waals surface area contributed by atoms with E-state index in [1.54, 1.807) is 24.9 Å². The highest BCUT2D eigenvalue weighted by atomic mass is 19.1. The Morgan fingerprint density at radius 3 is 2.83 bits per heavy atom. The van der Waals surface area contributed by atoms with Crippen LogP contribution in [0.2, 0.25) is 0 Å². The van der Waals surface area contributed by atoms with Gasteiger partial charge in [0.05, 0.1) is 31.1 Å². The summed E-state index contributed by atoms with van der Waals surface area (Å²) in [5, 5.41) is 7.47. The molecule has 1 aliphatic heterocycles. The van der Waals surface area contributed by atoms with Crippen LogP contribution in [0, 0.1) is 5.82 Å². The molecule has 1 aliphatic rings. The topological polar surface area (TPSA) is 104 Å². The minimum atomic E-state index is -0.334. The van der Waals surface area contributed by atoms with Crippen molar-refractivity contribution >= 4 is 28.3 Å². The largest absolute Gasteiger partial charge is 0.493 e. The lowest BCUT2D eigenvalue weighted by Gasteiger charge is -2.40. The normalized spacial score (nSPS) is 16.9. The Morgan fingerprint density at radius 2 is 2.14 bits per heavy atom. The van der Waals surface area contributed by atoms with Gasteiger partial charge in [-0.15, -0.1) is 0 Å².